The van der Waals surface area contributed by atoms with E-state index in [4.69, 9.17) is 4.52 Å². The van der Waals surface area contributed by atoms with E-state index in [1.165, 1.54) is 0 Å². The highest BCUT2D eigenvalue weighted by molar-refractivity contribution is 9.10. The SMILES string of the molecule is Cc1cc(CNc2cnn(CC(F)(F)F)c(=O)c2Br)no1. The van der Waals surface area contributed by atoms with Crippen LogP contribution in [-0.2, 0) is 13.1 Å². The van der Waals surface area contributed by atoms with Gasteiger partial charge >= 0.3 is 6.18 Å². The van der Waals surface area contributed by atoms with Crippen molar-refractivity contribution in [3.05, 3.63) is 38.5 Å². The molecule has 0 unspecified atom stereocenters. The number of hydrogen-bond acceptors (Lipinski definition) is 5. The summed E-state index contributed by atoms with van der Waals surface area (Å²) in [7, 11) is 0. The Labute approximate surface area is 125 Å². The monoisotopic (exact) mass is 366 g/mol. The highest BCUT2D eigenvalue weighted by Crippen LogP contribution is 2.20. The number of nitrogens with one attached hydrogen (secondary N) is 1. The number of rotatable bonds is 4. The molecule has 0 spiro atoms. The van der Waals surface area contributed by atoms with Gasteiger partial charge in [-0.25, -0.2) is 4.68 Å². The van der Waals surface area contributed by atoms with Crippen molar-refractivity contribution in [1.82, 2.24) is 14.9 Å². The normalized spacial score (nSPS) is 11.7. The van der Waals surface area contributed by atoms with E-state index in [9.17, 15) is 18.0 Å². The fourth-order valence-electron chi connectivity index (χ4n) is 1.56. The van der Waals surface area contributed by atoms with Gasteiger partial charge in [0, 0.05) is 6.07 Å². The van der Waals surface area contributed by atoms with Crippen LogP contribution in [0.5, 0.6) is 0 Å². The molecule has 21 heavy (non-hydrogen) atoms. The van der Waals surface area contributed by atoms with Crippen molar-refractivity contribution in [2.24, 2.45) is 0 Å². The van der Waals surface area contributed by atoms with Gasteiger partial charge in [-0.3, -0.25) is 4.79 Å². The molecule has 0 saturated carbocycles. The van der Waals surface area contributed by atoms with Gasteiger partial charge < -0.3 is 9.84 Å². The van der Waals surface area contributed by atoms with Gasteiger partial charge in [-0.1, -0.05) is 5.16 Å². The second kappa shape index (κ2) is 5.88. The Morgan fingerprint density at radius 1 is 1.48 bits per heavy atom. The van der Waals surface area contributed by atoms with Gasteiger partial charge in [-0.05, 0) is 22.9 Å². The Bertz CT molecular complexity index is 696. The summed E-state index contributed by atoms with van der Waals surface area (Å²) in [6.45, 7) is 0.541. The molecule has 0 aliphatic heterocycles. The van der Waals surface area contributed by atoms with Crippen LogP contribution in [-0.4, -0.2) is 21.1 Å². The summed E-state index contributed by atoms with van der Waals surface area (Å²) in [5.41, 5.74) is 0.00612. The summed E-state index contributed by atoms with van der Waals surface area (Å²) in [5, 5.41) is 10.1. The van der Waals surface area contributed by atoms with Crippen LogP contribution in [0.1, 0.15) is 11.5 Å². The molecule has 0 radical (unpaired) electrons. The Morgan fingerprint density at radius 3 is 2.76 bits per heavy atom. The Kier molecular flexibility index (Phi) is 4.35. The highest BCUT2D eigenvalue weighted by atomic mass is 79.9. The predicted molar refractivity (Wildman–Crippen MR) is 70.8 cm³/mol. The first-order valence-electron chi connectivity index (χ1n) is 5.75. The Balaban J connectivity index is 2.15. The number of alkyl halides is 3. The molecule has 0 bridgehead atoms. The quantitative estimate of drug-likeness (QED) is 0.899. The van der Waals surface area contributed by atoms with Crippen molar-refractivity contribution in [3.8, 4) is 0 Å². The van der Waals surface area contributed by atoms with Crippen LogP contribution in [0, 0.1) is 6.92 Å². The molecule has 0 fully saturated rings. The Hall–Kier alpha value is -1.84. The van der Waals surface area contributed by atoms with Crippen molar-refractivity contribution < 1.29 is 17.7 Å². The molecule has 2 rings (SSSR count). The zero-order valence-electron chi connectivity index (χ0n) is 10.7. The van der Waals surface area contributed by atoms with Crippen molar-refractivity contribution >= 4 is 21.6 Å². The molecule has 0 aliphatic rings. The molecule has 0 amide bonds. The smallest absolute Gasteiger partial charge is 0.377 e. The largest absolute Gasteiger partial charge is 0.408 e. The van der Waals surface area contributed by atoms with Crippen molar-refractivity contribution in [3.63, 3.8) is 0 Å². The van der Waals surface area contributed by atoms with E-state index in [-0.39, 0.29) is 16.7 Å². The van der Waals surface area contributed by atoms with Gasteiger partial charge in [0.15, 0.2) is 0 Å². The van der Waals surface area contributed by atoms with Gasteiger partial charge in [-0.2, -0.15) is 18.3 Å². The first-order chi connectivity index (χ1) is 9.76. The average molecular weight is 367 g/mol. The van der Waals surface area contributed by atoms with E-state index in [2.05, 4.69) is 31.5 Å². The molecule has 2 aromatic heterocycles. The molecular weight excluding hydrogens is 357 g/mol. The zero-order chi connectivity index (χ0) is 15.6. The van der Waals surface area contributed by atoms with Crippen LogP contribution in [0.4, 0.5) is 18.9 Å². The number of hydrogen-bond donors (Lipinski definition) is 1. The van der Waals surface area contributed by atoms with Crippen molar-refractivity contribution in [1.29, 1.82) is 0 Å². The fourth-order valence-corrected chi connectivity index (χ4v) is 2.01. The molecular formula is C11H10BrF3N4O2. The van der Waals surface area contributed by atoms with Crippen LogP contribution < -0.4 is 10.9 Å². The first-order valence-corrected chi connectivity index (χ1v) is 6.54. The standard InChI is InChI=1S/C11H10BrF3N4O2/c1-6-2-7(18-21-6)3-16-8-4-17-19(5-11(13,14)15)10(20)9(8)12/h2,4,16H,3,5H2,1H3. The molecule has 0 aliphatic carbocycles. The summed E-state index contributed by atoms with van der Waals surface area (Å²) in [6, 6.07) is 1.69. The maximum Gasteiger partial charge on any atom is 0.408 e. The molecule has 10 heteroatoms. The van der Waals surface area contributed by atoms with Gasteiger partial charge in [0.05, 0.1) is 18.4 Å². The number of aromatic nitrogens is 3. The number of anilines is 1. The van der Waals surface area contributed by atoms with Gasteiger partial charge in [-0.15, -0.1) is 0 Å². The molecule has 1 N–H and O–H groups in total. The minimum atomic E-state index is -4.51. The topological polar surface area (TPSA) is 73.0 Å². The van der Waals surface area contributed by atoms with E-state index in [1.807, 2.05) is 0 Å². The number of halogens is 4. The summed E-state index contributed by atoms with van der Waals surface area (Å²) in [4.78, 5) is 11.8. The first kappa shape index (κ1) is 15.5. The lowest BCUT2D eigenvalue weighted by atomic mass is 10.3. The van der Waals surface area contributed by atoms with Crippen LogP contribution in [0.2, 0.25) is 0 Å². The summed E-state index contributed by atoms with van der Waals surface area (Å²) in [5.74, 6) is 0.629. The van der Waals surface area contributed by atoms with Crippen molar-refractivity contribution in [2.75, 3.05) is 5.32 Å². The van der Waals surface area contributed by atoms with Gasteiger partial charge in [0.2, 0.25) is 0 Å². The van der Waals surface area contributed by atoms with Crippen LogP contribution >= 0.6 is 15.9 Å². The van der Waals surface area contributed by atoms with Gasteiger partial charge in [0.1, 0.15) is 22.5 Å². The molecule has 114 valence electrons. The third-order valence-electron chi connectivity index (χ3n) is 2.45. The zero-order valence-corrected chi connectivity index (χ0v) is 12.3. The minimum Gasteiger partial charge on any atom is -0.377 e. The lowest BCUT2D eigenvalue weighted by Gasteiger charge is -2.11. The van der Waals surface area contributed by atoms with E-state index >= 15 is 0 Å². The van der Waals surface area contributed by atoms with E-state index in [0.717, 1.165) is 6.20 Å². The summed E-state index contributed by atoms with van der Waals surface area (Å²) >= 11 is 2.97. The van der Waals surface area contributed by atoms with Crippen LogP contribution in [0.25, 0.3) is 0 Å². The lowest BCUT2D eigenvalue weighted by molar-refractivity contribution is -0.143. The molecule has 6 nitrogen and oxygen atoms in total. The van der Waals surface area contributed by atoms with Crippen LogP contribution in [0.3, 0.4) is 0 Å². The molecule has 2 heterocycles. The maximum atomic E-state index is 12.3. The second-order valence-corrected chi connectivity index (χ2v) is 5.03. The minimum absolute atomic E-state index is 0.0260. The molecule has 0 atom stereocenters. The fraction of sp³-hybridized carbons (Fsp3) is 0.364. The number of nitrogens with zero attached hydrogens (tertiary/aromatic N) is 3. The molecule has 2 aromatic rings. The average Bonchev–Trinajstić information content (AvgIpc) is 2.79. The van der Waals surface area contributed by atoms with E-state index < -0.39 is 18.3 Å². The predicted octanol–water partition coefficient (Wildman–Crippen LogP) is 2.48. The number of aryl methyl sites for hydroxylation is 1. The third-order valence-corrected chi connectivity index (χ3v) is 3.22. The summed E-state index contributed by atoms with van der Waals surface area (Å²) in [6.07, 6.45) is -3.37. The van der Waals surface area contributed by atoms with E-state index in [0.29, 0.717) is 16.1 Å². The summed E-state index contributed by atoms with van der Waals surface area (Å²) < 4.78 is 42.0. The lowest BCUT2D eigenvalue weighted by Crippen LogP contribution is -2.31. The van der Waals surface area contributed by atoms with Gasteiger partial charge in [0.25, 0.3) is 5.56 Å². The second-order valence-electron chi connectivity index (χ2n) is 4.23. The van der Waals surface area contributed by atoms with E-state index in [1.54, 1.807) is 13.0 Å². The van der Waals surface area contributed by atoms with Crippen LogP contribution in [0.15, 0.2) is 26.1 Å². The maximum absolute atomic E-state index is 12.3. The third kappa shape index (κ3) is 4.06. The molecule has 0 saturated heterocycles. The molecule has 0 aromatic carbocycles. The van der Waals surface area contributed by atoms with Crippen molar-refractivity contribution in [2.45, 2.75) is 26.2 Å². The highest BCUT2D eigenvalue weighted by Gasteiger charge is 2.29. The Morgan fingerprint density at radius 2 is 2.19 bits per heavy atom.